The van der Waals surface area contributed by atoms with Crippen LogP contribution in [0, 0.1) is 11.7 Å². The molecule has 2 N–H and O–H groups in total. The average molecular weight is 683 g/mol. The number of aromatic amines is 1. The Bertz CT molecular complexity index is 1950. The fourth-order valence-electron chi connectivity index (χ4n) is 8.68. The third-order valence-electron chi connectivity index (χ3n) is 11.0. The van der Waals surface area contributed by atoms with Crippen molar-refractivity contribution >= 4 is 45.3 Å². The first kappa shape index (κ1) is 30.2. The molecule has 10 rings (SSSR count). The van der Waals surface area contributed by atoms with E-state index in [1.165, 1.54) is 6.20 Å². The number of alkyl halides is 2. The predicted octanol–water partition coefficient (Wildman–Crippen LogP) is 5.47. The number of carbonyl (C=O) groups excluding carboxylic acids is 1. The molecule has 1 amide bonds. The first-order valence-corrected chi connectivity index (χ1v) is 17.0. The topological polar surface area (TPSA) is 121 Å². The number of hydrogen-bond acceptors (Lipinski definition) is 9. The fourth-order valence-corrected chi connectivity index (χ4v) is 9.02. The summed E-state index contributed by atoms with van der Waals surface area (Å²) in [5.41, 5.74) is 1.44. The van der Waals surface area contributed by atoms with E-state index in [4.69, 9.17) is 26.1 Å². The van der Waals surface area contributed by atoms with Crippen LogP contribution >= 0.6 is 11.6 Å². The van der Waals surface area contributed by atoms with E-state index in [1.54, 1.807) is 17.2 Å². The van der Waals surface area contributed by atoms with E-state index in [2.05, 4.69) is 30.4 Å². The molecule has 252 valence electrons. The van der Waals surface area contributed by atoms with Crippen LogP contribution in [0.2, 0.25) is 5.02 Å². The molecular formula is C33H34ClF3N8O3. The van der Waals surface area contributed by atoms with E-state index in [9.17, 15) is 13.6 Å². The lowest BCUT2D eigenvalue weighted by molar-refractivity contribution is 0.107. The van der Waals surface area contributed by atoms with Crippen LogP contribution < -0.4 is 15.0 Å². The lowest BCUT2D eigenvalue weighted by Gasteiger charge is -2.31. The quantitative estimate of drug-likeness (QED) is 0.289. The number of H-pyrrole nitrogens is 1. The van der Waals surface area contributed by atoms with Gasteiger partial charge in [0, 0.05) is 41.7 Å². The van der Waals surface area contributed by atoms with Crippen LogP contribution in [0.5, 0.6) is 6.01 Å². The molecule has 6 aliphatic rings. The Morgan fingerprint density at radius 3 is 2.96 bits per heavy atom. The molecule has 3 saturated heterocycles. The van der Waals surface area contributed by atoms with Crippen LogP contribution in [0.3, 0.4) is 0 Å². The van der Waals surface area contributed by atoms with Gasteiger partial charge in [-0.1, -0.05) is 11.6 Å². The van der Waals surface area contributed by atoms with Crippen molar-refractivity contribution in [2.45, 2.75) is 68.2 Å². The number of benzene rings is 1. The maximum absolute atomic E-state index is 17.2. The summed E-state index contributed by atoms with van der Waals surface area (Å²) in [6.45, 7) is 0.950. The highest BCUT2D eigenvalue weighted by molar-refractivity contribution is 6.33. The molecule has 4 aromatic rings. The molecule has 0 radical (unpaired) electrons. The molecule has 11 nitrogen and oxygen atoms in total. The van der Waals surface area contributed by atoms with Gasteiger partial charge in [-0.25, -0.2) is 18.0 Å². The maximum Gasteiger partial charge on any atom is 0.407 e. The molecule has 1 saturated carbocycles. The van der Waals surface area contributed by atoms with Crippen molar-refractivity contribution in [3.8, 4) is 17.3 Å². The lowest BCUT2D eigenvalue weighted by Crippen LogP contribution is -2.43. The smallest absolute Gasteiger partial charge is 0.407 e. The molecule has 1 aliphatic carbocycles. The van der Waals surface area contributed by atoms with Crippen molar-refractivity contribution in [3.05, 3.63) is 34.9 Å². The van der Waals surface area contributed by atoms with Crippen LogP contribution in [0.15, 0.2) is 18.5 Å². The van der Waals surface area contributed by atoms with Gasteiger partial charge >= 0.3 is 12.1 Å². The first-order chi connectivity index (χ1) is 23.3. The molecule has 4 fully saturated rings. The molecule has 8 heterocycles. The van der Waals surface area contributed by atoms with E-state index in [-0.39, 0.29) is 60.0 Å². The second-order valence-corrected chi connectivity index (χ2v) is 14.3. The Hall–Kier alpha value is -3.91. The molecular weight excluding hydrogens is 649 g/mol. The van der Waals surface area contributed by atoms with Gasteiger partial charge < -0.3 is 19.7 Å². The monoisotopic (exact) mass is 682 g/mol. The normalized spacial score (nSPS) is 30.0. The molecule has 6 atom stereocenters. The Labute approximate surface area is 278 Å². The summed E-state index contributed by atoms with van der Waals surface area (Å²) >= 11 is 6.89. The molecule has 0 unspecified atom stereocenters. The Morgan fingerprint density at radius 2 is 2.08 bits per heavy atom. The SMILES string of the molecule is O=C1N[C@@H]2C[C@@H](CF)N(C2)c2nc(OC[C@@]34CCCN3C[C@H](F)C4)nc3c(F)c(ncc23)-c2c(c(Cl)cc3[nH]ncc23)[C@@H]2C[C@@H]2CCO1. The Morgan fingerprint density at radius 1 is 1.19 bits per heavy atom. The molecule has 6 bridgehead atoms. The van der Waals surface area contributed by atoms with Crippen LogP contribution in [0.25, 0.3) is 33.1 Å². The van der Waals surface area contributed by atoms with Gasteiger partial charge in [-0.15, -0.1) is 0 Å². The molecule has 15 heteroatoms. The first-order valence-electron chi connectivity index (χ1n) is 16.6. The number of alkyl carbamates (subject to hydrolysis) is 1. The Balaban J connectivity index is 1.22. The number of rotatable bonds is 4. The van der Waals surface area contributed by atoms with Gasteiger partial charge in [-0.05, 0) is 62.1 Å². The highest BCUT2D eigenvalue weighted by atomic mass is 35.5. The number of hydrogen-bond donors (Lipinski definition) is 2. The number of halogens is 4. The van der Waals surface area contributed by atoms with E-state index in [0.29, 0.717) is 47.3 Å². The second kappa shape index (κ2) is 11.3. The van der Waals surface area contributed by atoms with Crippen molar-refractivity contribution in [1.82, 2.24) is 35.4 Å². The zero-order chi connectivity index (χ0) is 32.7. The van der Waals surface area contributed by atoms with Gasteiger partial charge in [-0.3, -0.25) is 15.0 Å². The third-order valence-corrected chi connectivity index (χ3v) is 11.4. The summed E-state index contributed by atoms with van der Waals surface area (Å²) in [5, 5.41) is 11.4. The molecule has 48 heavy (non-hydrogen) atoms. The number of ether oxygens (including phenoxy) is 2. The van der Waals surface area contributed by atoms with Crippen LogP contribution in [0.1, 0.15) is 50.0 Å². The van der Waals surface area contributed by atoms with Crippen molar-refractivity contribution in [3.63, 3.8) is 0 Å². The minimum atomic E-state index is -0.951. The van der Waals surface area contributed by atoms with Crippen molar-refractivity contribution < 1.29 is 27.4 Å². The third kappa shape index (κ3) is 4.85. The highest BCUT2D eigenvalue weighted by Crippen LogP contribution is 2.56. The van der Waals surface area contributed by atoms with Gasteiger partial charge in [0.2, 0.25) is 0 Å². The minimum absolute atomic E-state index is 0.00214. The van der Waals surface area contributed by atoms with E-state index < -0.39 is 42.4 Å². The standard InChI is InChI=1S/C33H34ClF3N8O3/c34-23-8-24-21(12-39-43-24)26-25(23)20-6-16(20)2-5-47-32(46)40-18-7-19(10-35)45(14-18)30-22-11-38-29(26)27(37)28(22)41-31(42-30)48-15-33-3-1-4-44(33)13-17(36)9-33/h8,11-12,16-20H,1-7,9-10,13-15H2,(H,39,43)(H,40,46)/t16-,17+,18+,19-,20+,33-/m0/s1. The second-order valence-electron chi connectivity index (χ2n) is 13.9. The fraction of sp³-hybridized carbons (Fsp3) is 0.545. The number of nitrogens with one attached hydrogen (secondary N) is 2. The average Bonchev–Trinajstić information content (AvgIpc) is 3.41. The maximum atomic E-state index is 17.2. The van der Waals surface area contributed by atoms with Gasteiger partial charge in [0.1, 0.15) is 36.5 Å². The van der Waals surface area contributed by atoms with Crippen molar-refractivity contribution in [2.24, 2.45) is 5.92 Å². The van der Waals surface area contributed by atoms with Gasteiger partial charge in [0.25, 0.3) is 0 Å². The van der Waals surface area contributed by atoms with Crippen LogP contribution in [-0.4, -0.2) is 99.5 Å². The van der Waals surface area contributed by atoms with Gasteiger partial charge in [0.15, 0.2) is 5.82 Å². The molecule has 3 aromatic heterocycles. The Kier molecular flexibility index (Phi) is 7.12. The number of aromatic nitrogens is 5. The van der Waals surface area contributed by atoms with Crippen molar-refractivity contribution in [1.29, 1.82) is 0 Å². The summed E-state index contributed by atoms with van der Waals surface area (Å²) in [7, 11) is 0. The number of carbonyl (C=O) groups is 1. The highest BCUT2D eigenvalue weighted by Gasteiger charge is 2.49. The van der Waals surface area contributed by atoms with Crippen LogP contribution in [0.4, 0.5) is 23.8 Å². The van der Waals surface area contributed by atoms with Gasteiger partial charge in [-0.2, -0.15) is 15.1 Å². The summed E-state index contributed by atoms with van der Waals surface area (Å²) in [4.78, 5) is 30.6. The zero-order valence-electron chi connectivity index (χ0n) is 26.0. The molecule has 0 spiro atoms. The van der Waals surface area contributed by atoms with Gasteiger partial charge in [0.05, 0.1) is 41.3 Å². The van der Waals surface area contributed by atoms with Crippen molar-refractivity contribution in [2.75, 3.05) is 44.4 Å². The summed E-state index contributed by atoms with van der Waals surface area (Å²) in [5.74, 6) is -0.283. The number of anilines is 1. The number of amides is 1. The zero-order valence-corrected chi connectivity index (χ0v) is 26.8. The number of pyridine rings is 1. The number of nitrogens with zero attached hydrogens (tertiary/aromatic N) is 6. The minimum Gasteiger partial charge on any atom is -0.461 e. The summed E-state index contributed by atoms with van der Waals surface area (Å²) in [6.07, 6.45) is 5.35. The van der Waals surface area contributed by atoms with E-state index in [0.717, 1.165) is 31.4 Å². The molecule has 1 aromatic carbocycles. The lowest BCUT2D eigenvalue weighted by atomic mass is 9.94. The predicted molar refractivity (Wildman–Crippen MR) is 171 cm³/mol. The number of fused-ring (bicyclic) bond motifs is 7. The summed E-state index contributed by atoms with van der Waals surface area (Å²) in [6, 6.07) is 0.599. The van der Waals surface area contributed by atoms with E-state index in [1.807, 2.05) is 0 Å². The largest absolute Gasteiger partial charge is 0.461 e. The van der Waals surface area contributed by atoms with Crippen LogP contribution in [-0.2, 0) is 4.74 Å². The molecule has 5 aliphatic heterocycles. The summed E-state index contributed by atoms with van der Waals surface area (Å²) < 4.78 is 58.1. The van der Waals surface area contributed by atoms with E-state index >= 15 is 4.39 Å².